The van der Waals surface area contributed by atoms with E-state index in [0.29, 0.717) is 0 Å². The summed E-state index contributed by atoms with van der Waals surface area (Å²) in [6, 6.07) is 22.5. The van der Waals surface area contributed by atoms with Gasteiger partial charge in [0.15, 0.2) is 16.3 Å². The molecule has 1 heterocycles. The minimum absolute atomic E-state index is 0. The maximum Gasteiger partial charge on any atom is 0.190 e. The Bertz CT molecular complexity index is 1280. The molecule has 34 heavy (non-hydrogen) atoms. The molecule has 0 spiro atoms. The standard InChI is InChI=1S/C27H28N2O3S.BrH/c1-19-5-10-22(11-6-19)28-27-29(16-15-20-7-14-25(31-3)26(17-20)32-4)24(18-33-27)21-8-12-23(30-2)13-9-21;/h5-14,17-18H,15-16H2,1-4H3;1H. The fraction of sp³-hybridized carbons (Fsp3) is 0.222. The molecular weight excluding hydrogens is 512 g/mol. The number of hydrogen-bond donors (Lipinski definition) is 0. The van der Waals surface area contributed by atoms with Gasteiger partial charge < -0.3 is 18.8 Å². The van der Waals surface area contributed by atoms with Crippen molar-refractivity contribution < 1.29 is 14.2 Å². The van der Waals surface area contributed by atoms with E-state index in [0.717, 1.165) is 52.0 Å². The second kappa shape index (κ2) is 11.9. The quantitative estimate of drug-likeness (QED) is 0.252. The van der Waals surface area contributed by atoms with Gasteiger partial charge >= 0.3 is 0 Å². The van der Waals surface area contributed by atoms with Crippen LogP contribution in [0.3, 0.4) is 0 Å². The summed E-state index contributed by atoms with van der Waals surface area (Å²) in [5.41, 5.74) is 5.61. The maximum absolute atomic E-state index is 5.48. The van der Waals surface area contributed by atoms with Gasteiger partial charge in [0.25, 0.3) is 0 Å². The minimum Gasteiger partial charge on any atom is -0.497 e. The summed E-state index contributed by atoms with van der Waals surface area (Å²) >= 11 is 1.65. The number of methoxy groups -OCH3 is 3. The number of nitrogens with zero attached hydrogens (tertiary/aromatic N) is 2. The van der Waals surface area contributed by atoms with Crippen LogP contribution >= 0.6 is 28.3 Å². The summed E-state index contributed by atoms with van der Waals surface area (Å²) in [6.45, 7) is 2.87. The van der Waals surface area contributed by atoms with Gasteiger partial charge in [-0.1, -0.05) is 23.8 Å². The van der Waals surface area contributed by atoms with Crippen molar-refractivity contribution in [2.75, 3.05) is 21.3 Å². The number of hydrogen-bond acceptors (Lipinski definition) is 5. The van der Waals surface area contributed by atoms with E-state index < -0.39 is 0 Å². The fourth-order valence-electron chi connectivity index (χ4n) is 3.63. The molecule has 7 heteroatoms. The lowest BCUT2D eigenvalue weighted by molar-refractivity contribution is 0.354. The van der Waals surface area contributed by atoms with Gasteiger partial charge in [0.2, 0.25) is 0 Å². The monoisotopic (exact) mass is 540 g/mol. The lowest BCUT2D eigenvalue weighted by Crippen LogP contribution is -2.17. The Labute approximate surface area is 215 Å². The van der Waals surface area contributed by atoms with Gasteiger partial charge in [-0.05, 0) is 73.0 Å². The van der Waals surface area contributed by atoms with Crippen LogP contribution < -0.4 is 19.0 Å². The van der Waals surface area contributed by atoms with Gasteiger partial charge in [0, 0.05) is 11.9 Å². The van der Waals surface area contributed by atoms with Gasteiger partial charge in [0.1, 0.15) is 5.75 Å². The Kier molecular flexibility index (Phi) is 8.96. The number of ether oxygens (including phenoxy) is 3. The first-order valence-corrected chi connectivity index (χ1v) is 11.6. The van der Waals surface area contributed by atoms with Crippen LogP contribution in [-0.2, 0) is 13.0 Å². The number of rotatable bonds is 8. The normalized spacial score (nSPS) is 11.1. The van der Waals surface area contributed by atoms with Gasteiger partial charge in [-0.25, -0.2) is 4.99 Å². The number of benzene rings is 3. The summed E-state index contributed by atoms with van der Waals surface area (Å²) in [5, 5.41) is 2.17. The van der Waals surface area contributed by atoms with E-state index >= 15 is 0 Å². The molecule has 0 saturated carbocycles. The summed E-state index contributed by atoms with van der Waals surface area (Å²) in [7, 11) is 5.00. The zero-order valence-electron chi connectivity index (χ0n) is 19.8. The Morgan fingerprint density at radius 3 is 2.18 bits per heavy atom. The highest BCUT2D eigenvalue weighted by atomic mass is 79.9. The van der Waals surface area contributed by atoms with E-state index in [1.54, 1.807) is 32.7 Å². The summed E-state index contributed by atoms with van der Waals surface area (Å²) in [6.07, 6.45) is 0.835. The first kappa shape index (κ1) is 25.6. The third-order valence-electron chi connectivity index (χ3n) is 5.51. The van der Waals surface area contributed by atoms with E-state index in [-0.39, 0.29) is 17.0 Å². The molecule has 0 atom stereocenters. The zero-order valence-corrected chi connectivity index (χ0v) is 22.3. The molecule has 1 aromatic heterocycles. The highest BCUT2D eigenvalue weighted by Crippen LogP contribution is 2.28. The highest BCUT2D eigenvalue weighted by molar-refractivity contribution is 8.93. The van der Waals surface area contributed by atoms with Gasteiger partial charge in [0.05, 0.1) is 32.7 Å². The van der Waals surface area contributed by atoms with E-state index in [2.05, 4.69) is 59.3 Å². The van der Waals surface area contributed by atoms with Crippen molar-refractivity contribution in [3.05, 3.63) is 88.0 Å². The average Bonchev–Trinajstić information content (AvgIpc) is 3.26. The van der Waals surface area contributed by atoms with Crippen molar-refractivity contribution in [2.24, 2.45) is 4.99 Å². The predicted molar refractivity (Wildman–Crippen MR) is 144 cm³/mol. The molecule has 0 amide bonds. The molecule has 0 aliphatic carbocycles. The molecule has 4 rings (SSSR count). The molecular formula is C27H29BrN2O3S. The predicted octanol–water partition coefficient (Wildman–Crippen LogP) is 6.60. The highest BCUT2D eigenvalue weighted by Gasteiger charge is 2.11. The zero-order chi connectivity index (χ0) is 23.2. The minimum atomic E-state index is 0. The Morgan fingerprint density at radius 1 is 0.824 bits per heavy atom. The summed E-state index contributed by atoms with van der Waals surface area (Å²) in [5.74, 6) is 2.32. The average molecular weight is 542 g/mol. The number of aromatic nitrogens is 1. The largest absolute Gasteiger partial charge is 0.497 e. The third-order valence-corrected chi connectivity index (χ3v) is 6.38. The van der Waals surface area contributed by atoms with E-state index in [9.17, 15) is 0 Å². The Morgan fingerprint density at radius 2 is 1.53 bits per heavy atom. The molecule has 178 valence electrons. The summed E-state index contributed by atoms with van der Waals surface area (Å²) in [4.78, 5) is 5.91. The van der Waals surface area contributed by atoms with Crippen LogP contribution in [0.15, 0.2) is 77.1 Å². The van der Waals surface area contributed by atoms with E-state index in [1.165, 1.54) is 11.1 Å². The molecule has 4 aromatic rings. The Hall–Kier alpha value is -3.03. The summed E-state index contributed by atoms with van der Waals surface area (Å²) < 4.78 is 18.5. The second-order valence-electron chi connectivity index (χ2n) is 7.67. The molecule has 3 aromatic carbocycles. The van der Waals surface area contributed by atoms with Crippen LogP contribution in [0.2, 0.25) is 0 Å². The SMILES string of the molecule is Br.COc1ccc(-c2csc(=Nc3ccc(C)cc3)n2CCc2ccc(OC)c(OC)c2)cc1. The first-order valence-electron chi connectivity index (χ1n) is 10.8. The molecule has 0 aliphatic heterocycles. The maximum atomic E-state index is 5.48. The molecule has 0 aliphatic rings. The molecule has 0 saturated heterocycles. The van der Waals surface area contributed by atoms with Crippen LogP contribution in [-0.4, -0.2) is 25.9 Å². The second-order valence-corrected chi connectivity index (χ2v) is 8.51. The topological polar surface area (TPSA) is 45.0 Å². The van der Waals surface area contributed by atoms with Crippen LogP contribution in [0.5, 0.6) is 17.2 Å². The number of halogens is 1. The van der Waals surface area contributed by atoms with Gasteiger partial charge in [-0.3, -0.25) is 0 Å². The van der Waals surface area contributed by atoms with Gasteiger partial charge in [-0.15, -0.1) is 28.3 Å². The molecule has 0 radical (unpaired) electrons. The van der Waals surface area contributed by atoms with Crippen molar-refractivity contribution in [3.8, 4) is 28.5 Å². The van der Waals surface area contributed by atoms with Crippen molar-refractivity contribution in [3.63, 3.8) is 0 Å². The molecule has 5 nitrogen and oxygen atoms in total. The van der Waals surface area contributed by atoms with Crippen LogP contribution in [0, 0.1) is 6.92 Å². The van der Waals surface area contributed by atoms with E-state index in [1.807, 2.05) is 24.3 Å². The van der Waals surface area contributed by atoms with Crippen LogP contribution in [0.1, 0.15) is 11.1 Å². The molecule has 0 N–H and O–H groups in total. The van der Waals surface area contributed by atoms with Crippen LogP contribution in [0.25, 0.3) is 11.3 Å². The number of thiazole rings is 1. The van der Waals surface area contributed by atoms with E-state index in [4.69, 9.17) is 19.2 Å². The Balaban J connectivity index is 0.00000324. The van der Waals surface area contributed by atoms with Crippen molar-refractivity contribution in [1.29, 1.82) is 0 Å². The van der Waals surface area contributed by atoms with Gasteiger partial charge in [-0.2, -0.15) is 0 Å². The van der Waals surface area contributed by atoms with Crippen molar-refractivity contribution in [2.45, 2.75) is 19.9 Å². The van der Waals surface area contributed by atoms with Crippen molar-refractivity contribution in [1.82, 2.24) is 4.57 Å². The van der Waals surface area contributed by atoms with Crippen molar-refractivity contribution >= 4 is 34.0 Å². The number of aryl methyl sites for hydroxylation is 2. The van der Waals surface area contributed by atoms with Crippen LogP contribution in [0.4, 0.5) is 5.69 Å². The lowest BCUT2D eigenvalue weighted by Gasteiger charge is -2.12. The fourth-order valence-corrected chi connectivity index (χ4v) is 4.59. The lowest BCUT2D eigenvalue weighted by atomic mass is 10.1. The molecule has 0 fully saturated rings. The smallest absolute Gasteiger partial charge is 0.190 e. The first-order chi connectivity index (χ1) is 16.1. The molecule has 0 bridgehead atoms. The molecule has 0 unspecified atom stereocenters. The third kappa shape index (κ3) is 5.90.